The van der Waals surface area contributed by atoms with Gasteiger partial charge in [-0.1, -0.05) is 6.07 Å². The van der Waals surface area contributed by atoms with Gasteiger partial charge >= 0.3 is 0 Å². The average Bonchev–Trinajstić information content (AvgIpc) is 3.27. The van der Waals surface area contributed by atoms with Crippen LogP contribution in [0.2, 0.25) is 0 Å². The summed E-state index contributed by atoms with van der Waals surface area (Å²) in [5.41, 5.74) is 0. The fourth-order valence-electron chi connectivity index (χ4n) is 3.06. The summed E-state index contributed by atoms with van der Waals surface area (Å²) >= 11 is 1.74. The summed E-state index contributed by atoms with van der Waals surface area (Å²) in [5, 5.41) is 6.17. The first kappa shape index (κ1) is 16.1. The Morgan fingerprint density at radius 1 is 1.57 bits per heavy atom. The van der Waals surface area contributed by atoms with Crippen molar-refractivity contribution in [2.45, 2.75) is 38.4 Å². The molecule has 0 aromatic carbocycles. The number of amides is 1. The third-order valence-electron chi connectivity index (χ3n) is 4.62. The highest BCUT2D eigenvalue weighted by Crippen LogP contribution is 2.35. The molecular weight excluding hydrogens is 310 g/mol. The van der Waals surface area contributed by atoms with Crippen LogP contribution >= 0.6 is 11.3 Å². The van der Waals surface area contributed by atoms with Crippen molar-refractivity contribution < 1.29 is 4.79 Å². The molecule has 1 fully saturated rings. The van der Waals surface area contributed by atoms with E-state index in [0.717, 1.165) is 25.2 Å². The molecule has 3 rings (SSSR count). The van der Waals surface area contributed by atoms with E-state index < -0.39 is 0 Å². The van der Waals surface area contributed by atoms with Gasteiger partial charge in [-0.2, -0.15) is 5.10 Å². The summed E-state index contributed by atoms with van der Waals surface area (Å²) in [7, 11) is 3.84. The lowest BCUT2D eigenvalue weighted by molar-refractivity contribution is -0.137. The maximum Gasteiger partial charge on any atom is 0.240 e. The zero-order valence-electron chi connectivity index (χ0n) is 13.8. The van der Waals surface area contributed by atoms with Crippen LogP contribution in [0.1, 0.15) is 36.5 Å². The number of carbonyl (C=O) groups is 1. The average molecular weight is 333 g/mol. The summed E-state index contributed by atoms with van der Waals surface area (Å²) in [4.78, 5) is 22.6. The van der Waals surface area contributed by atoms with Crippen LogP contribution in [0.4, 0.5) is 0 Å². The van der Waals surface area contributed by atoms with Crippen molar-refractivity contribution >= 4 is 17.2 Å². The van der Waals surface area contributed by atoms with Crippen molar-refractivity contribution in [1.82, 2.24) is 24.6 Å². The van der Waals surface area contributed by atoms with E-state index in [-0.39, 0.29) is 18.0 Å². The van der Waals surface area contributed by atoms with Gasteiger partial charge in [0.15, 0.2) is 0 Å². The maximum absolute atomic E-state index is 13.0. The quantitative estimate of drug-likeness (QED) is 0.840. The minimum atomic E-state index is -0.174. The fourth-order valence-corrected chi connectivity index (χ4v) is 3.93. The van der Waals surface area contributed by atoms with E-state index in [4.69, 9.17) is 0 Å². The van der Waals surface area contributed by atoms with Crippen LogP contribution in [0, 0.1) is 0 Å². The number of hydrogen-bond donors (Lipinski definition) is 0. The van der Waals surface area contributed by atoms with Gasteiger partial charge in [0.25, 0.3) is 0 Å². The van der Waals surface area contributed by atoms with Gasteiger partial charge in [-0.15, -0.1) is 11.3 Å². The molecular formula is C16H23N5OS. The molecule has 0 aliphatic carbocycles. The number of likely N-dealkylation sites (tertiary alicyclic amines) is 1. The molecule has 23 heavy (non-hydrogen) atoms. The smallest absolute Gasteiger partial charge is 0.240 e. The molecule has 3 heterocycles. The van der Waals surface area contributed by atoms with E-state index in [0.29, 0.717) is 6.54 Å². The van der Waals surface area contributed by atoms with Crippen LogP contribution in [0.3, 0.4) is 0 Å². The van der Waals surface area contributed by atoms with E-state index in [1.54, 1.807) is 22.3 Å². The lowest BCUT2D eigenvalue weighted by Crippen LogP contribution is -2.45. The first-order chi connectivity index (χ1) is 11.1. The SMILES string of the molecule is CC(C(=O)N1CCCC1c1cccs1)N(C)Cc1ncnn1C. The van der Waals surface area contributed by atoms with Gasteiger partial charge in [-0.25, -0.2) is 4.98 Å². The predicted molar refractivity (Wildman–Crippen MR) is 89.9 cm³/mol. The normalized spacial score (nSPS) is 19.5. The Morgan fingerprint density at radius 3 is 3.04 bits per heavy atom. The molecule has 2 aromatic heterocycles. The number of hydrogen-bond acceptors (Lipinski definition) is 5. The molecule has 1 aliphatic rings. The van der Waals surface area contributed by atoms with Gasteiger partial charge in [-0.05, 0) is 38.3 Å². The standard InChI is InChI=1S/C16H23N5OS/c1-12(19(2)10-15-17-11-18-20(15)3)16(22)21-8-4-6-13(21)14-7-5-9-23-14/h5,7,9,11-13H,4,6,8,10H2,1-3H3. The minimum absolute atomic E-state index is 0.174. The molecule has 0 bridgehead atoms. The largest absolute Gasteiger partial charge is 0.333 e. The Balaban J connectivity index is 1.67. The lowest BCUT2D eigenvalue weighted by atomic mass is 10.1. The number of aryl methyl sites for hydroxylation is 1. The Kier molecular flexibility index (Phi) is 4.77. The molecule has 0 saturated carbocycles. The Morgan fingerprint density at radius 2 is 2.39 bits per heavy atom. The fraction of sp³-hybridized carbons (Fsp3) is 0.562. The lowest BCUT2D eigenvalue weighted by Gasteiger charge is -2.31. The number of carbonyl (C=O) groups excluding carboxylic acids is 1. The van der Waals surface area contributed by atoms with Gasteiger partial charge in [0.05, 0.1) is 18.6 Å². The zero-order valence-corrected chi connectivity index (χ0v) is 14.7. The van der Waals surface area contributed by atoms with Crippen LogP contribution in [-0.2, 0) is 18.4 Å². The Hall–Kier alpha value is -1.73. The molecule has 2 unspecified atom stereocenters. The first-order valence-corrected chi connectivity index (χ1v) is 8.83. The summed E-state index contributed by atoms with van der Waals surface area (Å²) in [6.07, 6.45) is 3.68. The third-order valence-corrected chi connectivity index (χ3v) is 5.60. The molecule has 1 amide bonds. The summed E-state index contributed by atoms with van der Waals surface area (Å²) in [6, 6.07) is 4.26. The van der Waals surface area contributed by atoms with Crippen molar-refractivity contribution in [3.63, 3.8) is 0 Å². The van der Waals surface area contributed by atoms with Crippen molar-refractivity contribution in [2.75, 3.05) is 13.6 Å². The number of nitrogens with zero attached hydrogens (tertiary/aromatic N) is 5. The van der Waals surface area contributed by atoms with Crippen LogP contribution in [0.5, 0.6) is 0 Å². The Labute approximate surface area is 140 Å². The molecule has 2 aromatic rings. The Bertz CT molecular complexity index is 653. The van der Waals surface area contributed by atoms with Crippen molar-refractivity contribution in [3.05, 3.63) is 34.5 Å². The second-order valence-corrected chi connectivity index (χ2v) is 7.08. The highest BCUT2D eigenvalue weighted by molar-refractivity contribution is 7.10. The first-order valence-electron chi connectivity index (χ1n) is 7.95. The number of aromatic nitrogens is 3. The number of rotatable bonds is 5. The second-order valence-electron chi connectivity index (χ2n) is 6.10. The monoisotopic (exact) mass is 333 g/mol. The van der Waals surface area contributed by atoms with E-state index >= 15 is 0 Å². The van der Waals surface area contributed by atoms with E-state index in [1.165, 1.54) is 4.88 Å². The predicted octanol–water partition coefficient (Wildman–Crippen LogP) is 2.06. The van der Waals surface area contributed by atoms with Crippen molar-refractivity contribution in [3.8, 4) is 0 Å². The van der Waals surface area contributed by atoms with Gasteiger partial charge in [0.1, 0.15) is 12.2 Å². The summed E-state index contributed by atoms with van der Waals surface area (Å²) < 4.78 is 1.75. The number of likely N-dealkylation sites (N-methyl/N-ethyl adjacent to an activating group) is 1. The molecule has 1 saturated heterocycles. The molecule has 6 nitrogen and oxygen atoms in total. The maximum atomic E-state index is 13.0. The molecule has 0 N–H and O–H groups in total. The highest BCUT2D eigenvalue weighted by Gasteiger charge is 2.34. The van der Waals surface area contributed by atoms with Gasteiger partial charge < -0.3 is 4.90 Å². The van der Waals surface area contributed by atoms with Crippen molar-refractivity contribution in [2.24, 2.45) is 7.05 Å². The molecule has 124 valence electrons. The molecule has 0 spiro atoms. The molecule has 1 aliphatic heterocycles. The van der Waals surface area contributed by atoms with Crippen LogP contribution in [-0.4, -0.2) is 50.1 Å². The topological polar surface area (TPSA) is 54.3 Å². The molecule has 2 atom stereocenters. The zero-order chi connectivity index (χ0) is 16.4. The van der Waals surface area contributed by atoms with Crippen LogP contribution < -0.4 is 0 Å². The summed E-state index contributed by atoms with van der Waals surface area (Å²) in [6.45, 7) is 3.44. The number of thiophene rings is 1. The van der Waals surface area contributed by atoms with Crippen LogP contribution in [0.25, 0.3) is 0 Å². The van der Waals surface area contributed by atoms with Gasteiger partial charge in [0, 0.05) is 18.5 Å². The van der Waals surface area contributed by atoms with E-state index in [2.05, 4.69) is 27.6 Å². The van der Waals surface area contributed by atoms with Crippen LogP contribution in [0.15, 0.2) is 23.8 Å². The van der Waals surface area contributed by atoms with E-state index in [9.17, 15) is 4.79 Å². The highest BCUT2D eigenvalue weighted by atomic mass is 32.1. The second kappa shape index (κ2) is 6.80. The van der Waals surface area contributed by atoms with E-state index in [1.807, 2.05) is 30.8 Å². The molecule has 0 radical (unpaired) electrons. The van der Waals surface area contributed by atoms with Gasteiger partial charge in [-0.3, -0.25) is 14.4 Å². The molecule has 7 heteroatoms. The minimum Gasteiger partial charge on any atom is -0.333 e. The third kappa shape index (κ3) is 3.30. The van der Waals surface area contributed by atoms with Crippen molar-refractivity contribution in [1.29, 1.82) is 0 Å². The summed E-state index contributed by atoms with van der Waals surface area (Å²) in [5.74, 6) is 1.06. The van der Waals surface area contributed by atoms with Gasteiger partial charge in [0.2, 0.25) is 5.91 Å².